The molecule has 0 radical (unpaired) electrons. The molecular weight excluding hydrogens is 232 g/mol. The van der Waals surface area contributed by atoms with Gasteiger partial charge >= 0.3 is 0 Å². The van der Waals surface area contributed by atoms with E-state index >= 15 is 0 Å². The van der Waals surface area contributed by atoms with Gasteiger partial charge in [-0.05, 0) is 43.7 Å². The molecule has 0 unspecified atom stereocenters. The van der Waals surface area contributed by atoms with Crippen LogP contribution in [0.5, 0.6) is 0 Å². The molecule has 0 saturated heterocycles. The molecule has 88 valence electrons. The molecular formula is C14H15ClN2. The standard InChI is InChI=1S/C14H15ClN2/c1-10-5-3-6-12(17-10)9-16-14-8-4-7-13(15)11(14)2/h3-8,16H,9H2,1-2H3. The number of hydrogen-bond donors (Lipinski definition) is 1. The second-order valence-electron chi connectivity index (χ2n) is 4.04. The molecule has 0 fully saturated rings. The molecule has 17 heavy (non-hydrogen) atoms. The van der Waals surface area contributed by atoms with Crippen LogP contribution in [0.1, 0.15) is 17.0 Å². The number of hydrogen-bond acceptors (Lipinski definition) is 2. The maximum atomic E-state index is 6.07. The summed E-state index contributed by atoms with van der Waals surface area (Å²) in [6.07, 6.45) is 0. The molecule has 0 saturated carbocycles. The lowest BCUT2D eigenvalue weighted by Crippen LogP contribution is -2.03. The van der Waals surface area contributed by atoms with Crippen molar-refractivity contribution >= 4 is 17.3 Å². The molecule has 0 spiro atoms. The average Bonchev–Trinajstić information content (AvgIpc) is 2.31. The Balaban J connectivity index is 2.10. The van der Waals surface area contributed by atoms with Gasteiger partial charge in [-0.3, -0.25) is 4.98 Å². The molecule has 0 amide bonds. The lowest BCUT2D eigenvalue weighted by molar-refractivity contribution is 1.01. The molecule has 2 aromatic rings. The van der Waals surface area contributed by atoms with E-state index in [0.29, 0.717) is 6.54 Å². The van der Waals surface area contributed by atoms with Crippen LogP contribution < -0.4 is 5.32 Å². The van der Waals surface area contributed by atoms with E-state index in [1.807, 2.05) is 50.2 Å². The first-order valence-corrected chi connectivity index (χ1v) is 5.96. The van der Waals surface area contributed by atoms with E-state index in [1.165, 1.54) is 0 Å². The van der Waals surface area contributed by atoms with Crippen molar-refractivity contribution in [1.82, 2.24) is 4.98 Å². The number of rotatable bonds is 3. The molecule has 1 N–H and O–H groups in total. The maximum absolute atomic E-state index is 6.07. The van der Waals surface area contributed by atoms with E-state index in [9.17, 15) is 0 Å². The summed E-state index contributed by atoms with van der Waals surface area (Å²) in [6, 6.07) is 11.9. The number of aryl methyl sites for hydroxylation is 1. The van der Waals surface area contributed by atoms with Crippen molar-refractivity contribution < 1.29 is 0 Å². The smallest absolute Gasteiger partial charge is 0.0597 e. The molecule has 0 aliphatic rings. The van der Waals surface area contributed by atoms with Crippen molar-refractivity contribution in [3.63, 3.8) is 0 Å². The Hall–Kier alpha value is -1.54. The lowest BCUT2D eigenvalue weighted by atomic mass is 10.2. The van der Waals surface area contributed by atoms with Gasteiger partial charge in [-0.15, -0.1) is 0 Å². The van der Waals surface area contributed by atoms with Gasteiger partial charge in [0.05, 0.1) is 12.2 Å². The van der Waals surface area contributed by atoms with Crippen LogP contribution in [0, 0.1) is 13.8 Å². The van der Waals surface area contributed by atoms with Crippen LogP contribution in [-0.2, 0) is 6.54 Å². The highest BCUT2D eigenvalue weighted by molar-refractivity contribution is 6.31. The van der Waals surface area contributed by atoms with Crippen LogP contribution in [0.3, 0.4) is 0 Å². The fourth-order valence-corrected chi connectivity index (χ4v) is 1.86. The maximum Gasteiger partial charge on any atom is 0.0597 e. The highest BCUT2D eigenvalue weighted by Gasteiger charge is 2.01. The average molecular weight is 247 g/mol. The number of halogens is 1. The van der Waals surface area contributed by atoms with Crippen molar-refractivity contribution in [2.75, 3.05) is 5.32 Å². The molecule has 1 aromatic carbocycles. The third-order valence-electron chi connectivity index (χ3n) is 2.67. The van der Waals surface area contributed by atoms with Crippen LogP contribution in [0.2, 0.25) is 5.02 Å². The van der Waals surface area contributed by atoms with E-state index in [0.717, 1.165) is 27.7 Å². The quantitative estimate of drug-likeness (QED) is 0.887. The van der Waals surface area contributed by atoms with Crippen LogP contribution >= 0.6 is 11.6 Å². The number of pyridine rings is 1. The van der Waals surface area contributed by atoms with Crippen LogP contribution in [-0.4, -0.2) is 4.98 Å². The predicted octanol–water partition coefficient (Wildman–Crippen LogP) is 3.96. The number of aromatic nitrogens is 1. The fourth-order valence-electron chi connectivity index (χ4n) is 1.68. The van der Waals surface area contributed by atoms with Gasteiger partial charge in [0, 0.05) is 16.4 Å². The van der Waals surface area contributed by atoms with Crippen LogP contribution in [0.25, 0.3) is 0 Å². The summed E-state index contributed by atoms with van der Waals surface area (Å²) in [5.41, 5.74) is 4.19. The summed E-state index contributed by atoms with van der Waals surface area (Å²) in [5, 5.41) is 4.13. The Labute approximate surface area is 107 Å². The van der Waals surface area contributed by atoms with Crippen molar-refractivity contribution in [1.29, 1.82) is 0 Å². The third kappa shape index (κ3) is 2.98. The minimum absolute atomic E-state index is 0.711. The molecule has 0 bridgehead atoms. The largest absolute Gasteiger partial charge is 0.379 e. The van der Waals surface area contributed by atoms with Gasteiger partial charge in [0.25, 0.3) is 0 Å². The van der Waals surface area contributed by atoms with Crippen molar-refractivity contribution in [2.24, 2.45) is 0 Å². The number of benzene rings is 1. The zero-order valence-corrected chi connectivity index (χ0v) is 10.8. The SMILES string of the molecule is Cc1cccc(CNc2cccc(Cl)c2C)n1. The zero-order chi connectivity index (χ0) is 12.3. The van der Waals surface area contributed by atoms with Crippen molar-refractivity contribution in [2.45, 2.75) is 20.4 Å². The zero-order valence-electron chi connectivity index (χ0n) is 10.00. The first-order chi connectivity index (χ1) is 8.16. The van der Waals surface area contributed by atoms with Crippen molar-refractivity contribution in [3.05, 3.63) is 58.4 Å². The van der Waals surface area contributed by atoms with E-state index < -0.39 is 0 Å². The van der Waals surface area contributed by atoms with Crippen molar-refractivity contribution in [3.8, 4) is 0 Å². The first kappa shape index (κ1) is 11.9. The normalized spacial score (nSPS) is 10.3. The Morgan fingerprint density at radius 1 is 1.12 bits per heavy atom. The summed E-state index contributed by atoms with van der Waals surface area (Å²) in [5.74, 6) is 0. The number of anilines is 1. The molecule has 0 aliphatic heterocycles. The Morgan fingerprint density at radius 2 is 1.88 bits per heavy atom. The van der Waals surface area contributed by atoms with E-state index in [2.05, 4.69) is 10.3 Å². The van der Waals surface area contributed by atoms with Gasteiger partial charge in [-0.25, -0.2) is 0 Å². The second kappa shape index (κ2) is 5.19. The topological polar surface area (TPSA) is 24.9 Å². The van der Waals surface area contributed by atoms with Gasteiger partial charge in [-0.1, -0.05) is 23.7 Å². The fraction of sp³-hybridized carbons (Fsp3) is 0.214. The summed E-state index contributed by atoms with van der Waals surface area (Å²) in [6.45, 7) is 4.71. The molecule has 2 rings (SSSR count). The Bertz CT molecular complexity index is 523. The lowest BCUT2D eigenvalue weighted by Gasteiger charge is -2.10. The minimum atomic E-state index is 0.711. The van der Waals surface area contributed by atoms with Gasteiger partial charge in [0.15, 0.2) is 0 Å². The minimum Gasteiger partial charge on any atom is -0.379 e. The number of nitrogens with one attached hydrogen (secondary N) is 1. The van der Waals surface area contributed by atoms with Gasteiger partial charge in [0.2, 0.25) is 0 Å². The molecule has 0 atom stereocenters. The van der Waals surface area contributed by atoms with Crippen LogP contribution in [0.4, 0.5) is 5.69 Å². The van der Waals surface area contributed by atoms with Gasteiger partial charge in [-0.2, -0.15) is 0 Å². The Kier molecular flexibility index (Phi) is 3.64. The highest BCUT2D eigenvalue weighted by Crippen LogP contribution is 2.23. The highest BCUT2D eigenvalue weighted by atomic mass is 35.5. The summed E-state index contributed by atoms with van der Waals surface area (Å²) < 4.78 is 0. The molecule has 2 nitrogen and oxygen atoms in total. The summed E-state index contributed by atoms with van der Waals surface area (Å²) in [4.78, 5) is 4.44. The first-order valence-electron chi connectivity index (χ1n) is 5.58. The van der Waals surface area contributed by atoms with Gasteiger partial charge in [0.1, 0.15) is 0 Å². The van der Waals surface area contributed by atoms with E-state index in [-0.39, 0.29) is 0 Å². The summed E-state index contributed by atoms with van der Waals surface area (Å²) >= 11 is 6.07. The Morgan fingerprint density at radius 3 is 2.65 bits per heavy atom. The van der Waals surface area contributed by atoms with Gasteiger partial charge < -0.3 is 5.32 Å². The van der Waals surface area contributed by atoms with E-state index in [1.54, 1.807) is 0 Å². The summed E-state index contributed by atoms with van der Waals surface area (Å²) in [7, 11) is 0. The molecule has 1 heterocycles. The predicted molar refractivity (Wildman–Crippen MR) is 72.5 cm³/mol. The van der Waals surface area contributed by atoms with Crippen LogP contribution in [0.15, 0.2) is 36.4 Å². The molecule has 0 aliphatic carbocycles. The number of nitrogens with zero attached hydrogens (tertiary/aromatic N) is 1. The third-order valence-corrected chi connectivity index (χ3v) is 3.08. The monoisotopic (exact) mass is 246 g/mol. The van der Waals surface area contributed by atoms with E-state index in [4.69, 9.17) is 11.6 Å². The molecule has 1 aromatic heterocycles. The molecule has 3 heteroatoms. The second-order valence-corrected chi connectivity index (χ2v) is 4.44.